The first-order valence-corrected chi connectivity index (χ1v) is 9.54. The number of rotatable bonds is 6. The Kier molecular flexibility index (Phi) is 5.65. The number of para-hydroxylation sites is 1. The van der Waals surface area contributed by atoms with Gasteiger partial charge in [0.05, 0.1) is 16.3 Å². The van der Waals surface area contributed by atoms with Crippen molar-refractivity contribution in [2.45, 2.75) is 44.0 Å². The van der Waals surface area contributed by atoms with Crippen LogP contribution < -0.4 is 10.2 Å². The molecule has 0 bridgehead atoms. The van der Waals surface area contributed by atoms with Crippen LogP contribution in [0.5, 0.6) is 0 Å². The van der Waals surface area contributed by atoms with Crippen LogP contribution in [0.1, 0.15) is 33.1 Å². The molecule has 1 fully saturated rings. The first kappa shape index (κ1) is 16.3. The summed E-state index contributed by atoms with van der Waals surface area (Å²) < 4.78 is 25.0. The normalized spacial score (nSPS) is 19.4. The van der Waals surface area contributed by atoms with Crippen molar-refractivity contribution in [2.24, 2.45) is 0 Å². The molecule has 1 unspecified atom stereocenters. The quantitative estimate of drug-likeness (QED) is 0.877. The van der Waals surface area contributed by atoms with E-state index in [4.69, 9.17) is 0 Å². The highest BCUT2D eigenvalue weighted by Gasteiger charge is 2.25. The first-order valence-electron chi connectivity index (χ1n) is 7.89. The van der Waals surface area contributed by atoms with Gasteiger partial charge in [-0.1, -0.05) is 19.1 Å². The Labute approximate surface area is 128 Å². The Morgan fingerprint density at radius 3 is 2.67 bits per heavy atom. The molecule has 1 aromatic rings. The summed E-state index contributed by atoms with van der Waals surface area (Å²) in [6, 6.07) is 7.82. The number of sulfone groups is 1. The fourth-order valence-corrected chi connectivity index (χ4v) is 4.61. The number of piperidine rings is 1. The maximum Gasteiger partial charge on any atom is 0.180 e. The van der Waals surface area contributed by atoms with Crippen molar-refractivity contribution in [1.29, 1.82) is 0 Å². The predicted octanol–water partition coefficient (Wildman–Crippen LogP) is 2.45. The molecule has 118 valence electrons. The molecule has 1 aliphatic rings. The molecule has 4 nitrogen and oxygen atoms in total. The van der Waals surface area contributed by atoms with E-state index in [1.807, 2.05) is 25.1 Å². The zero-order chi connectivity index (χ0) is 15.3. The summed E-state index contributed by atoms with van der Waals surface area (Å²) in [7, 11) is -3.20. The average Bonchev–Trinajstić information content (AvgIpc) is 2.49. The lowest BCUT2D eigenvalue weighted by molar-refractivity contribution is 0.434. The maximum atomic E-state index is 12.5. The van der Waals surface area contributed by atoms with Crippen LogP contribution in [-0.4, -0.2) is 39.8 Å². The van der Waals surface area contributed by atoms with Crippen LogP contribution in [0.3, 0.4) is 0 Å². The van der Waals surface area contributed by atoms with Gasteiger partial charge >= 0.3 is 0 Å². The molecule has 5 heteroatoms. The molecular formula is C16H26N2O2S. The molecule has 1 heterocycles. The van der Waals surface area contributed by atoms with Gasteiger partial charge in [0.25, 0.3) is 0 Å². The van der Waals surface area contributed by atoms with E-state index in [0.717, 1.165) is 38.2 Å². The minimum absolute atomic E-state index is 0.213. The second kappa shape index (κ2) is 7.27. The van der Waals surface area contributed by atoms with Gasteiger partial charge in [-0.05, 0) is 44.9 Å². The lowest BCUT2D eigenvalue weighted by Gasteiger charge is -2.36. The van der Waals surface area contributed by atoms with E-state index in [1.54, 1.807) is 6.07 Å². The summed E-state index contributed by atoms with van der Waals surface area (Å²) in [5.74, 6) is 0.213. The molecule has 21 heavy (non-hydrogen) atoms. The lowest BCUT2D eigenvalue weighted by atomic mass is 10.0. The Balaban J connectivity index is 2.37. The van der Waals surface area contributed by atoms with Crippen molar-refractivity contribution in [3.8, 4) is 0 Å². The van der Waals surface area contributed by atoms with Gasteiger partial charge in [-0.3, -0.25) is 0 Å². The van der Waals surface area contributed by atoms with E-state index in [1.165, 1.54) is 0 Å². The van der Waals surface area contributed by atoms with Gasteiger partial charge in [-0.15, -0.1) is 0 Å². The molecule has 1 aromatic carbocycles. The second-order valence-corrected chi connectivity index (χ2v) is 7.65. The van der Waals surface area contributed by atoms with E-state index in [2.05, 4.69) is 17.1 Å². The van der Waals surface area contributed by atoms with Gasteiger partial charge in [0.15, 0.2) is 9.84 Å². The van der Waals surface area contributed by atoms with Gasteiger partial charge in [0.2, 0.25) is 0 Å². The van der Waals surface area contributed by atoms with Crippen molar-refractivity contribution < 1.29 is 8.42 Å². The Morgan fingerprint density at radius 1 is 1.29 bits per heavy atom. The number of hydrogen-bond donors (Lipinski definition) is 1. The van der Waals surface area contributed by atoms with Crippen LogP contribution in [0, 0.1) is 0 Å². The standard InChI is InChI=1S/C16H26N2O2S/c1-3-12-21(19,20)16-10-6-5-9-15(16)18(4-2)14-8-7-11-17-13-14/h5-6,9-10,14,17H,3-4,7-8,11-13H2,1-2H3. The summed E-state index contributed by atoms with van der Waals surface area (Å²) in [6.07, 6.45) is 2.90. The zero-order valence-electron chi connectivity index (χ0n) is 13.0. The minimum atomic E-state index is -3.20. The summed E-state index contributed by atoms with van der Waals surface area (Å²) in [6.45, 7) is 6.81. The topological polar surface area (TPSA) is 49.4 Å². The summed E-state index contributed by atoms with van der Waals surface area (Å²) >= 11 is 0. The van der Waals surface area contributed by atoms with Gasteiger partial charge in [-0.25, -0.2) is 8.42 Å². The number of nitrogens with zero attached hydrogens (tertiary/aromatic N) is 1. The third kappa shape index (κ3) is 3.77. The van der Waals surface area contributed by atoms with Crippen LogP contribution >= 0.6 is 0 Å². The van der Waals surface area contributed by atoms with Gasteiger partial charge in [-0.2, -0.15) is 0 Å². The number of anilines is 1. The Morgan fingerprint density at radius 2 is 2.05 bits per heavy atom. The predicted molar refractivity (Wildman–Crippen MR) is 87.7 cm³/mol. The van der Waals surface area contributed by atoms with Crippen molar-refractivity contribution in [3.63, 3.8) is 0 Å². The van der Waals surface area contributed by atoms with E-state index in [9.17, 15) is 8.42 Å². The third-order valence-corrected chi connectivity index (χ3v) is 6.00. The van der Waals surface area contributed by atoms with Crippen LogP contribution in [0.25, 0.3) is 0 Å². The van der Waals surface area contributed by atoms with E-state index in [0.29, 0.717) is 17.4 Å². The van der Waals surface area contributed by atoms with E-state index < -0.39 is 9.84 Å². The summed E-state index contributed by atoms with van der Waals surface area (Å²) in [5, 5.41) is 3.41. The number of benzene rings is 1. The molecule has 2 rings (SSSR count). The Hall–Kier alpha value is -1.07. The van der Waals surface area contributed by atoms with Crippen LogP contribution in [-0.2, 0) is 9.84 Å². The fourth-order valence-electron chi connectivity index (χ4n) is 3.06. The van der Waals surface area contributed by atoms with Crippen molar-refractivity contribution in [1.82, 2.24) is 5.32 Å². The molecule has 0 spiro atoms. The second-order valence-electron chi connectivity index (χ2n) is 5.57. The minimum Gasteiger partial charge on any atom is -0.366 e. The Bertz CT molecular complexity index is 551. The molecule has 1 aliphatic heterocycles. The first-order chi connectivity index (χ1) is 10.1. The van der Waals surface area contributed by atoms with E-state index >= 15 is 0 Å². The number of nitrogens with one attached hydrogen (secondary N) is 1. The largest absolute Gasteiger partial charge is 0.366 e. The third-order valence-electron chi connectivity index (χ3n) is 4.03. The molecule has 0 radical (unpaired) electrons. The number of likely N-dealkylation sites (N-methyl/N-ethyl adjacent to an activating group) is 1. The SMILES string of the molecule is CCCS(=O)(=O)c1ccccc1N(CC)C1CCCNC1. The lowest BCUT2D eigenvalue weighted by Crippen LogP contribution is -2.46. The van der Waals surface area contributed by atoms with E-state index in [-0.39, 0.29) is 5.75 Å². The molecular weight excluding hydrogens is 284 g/mol. The van der Waals surface area contributed by atoms with Crippen molar-refractivity contribution >= 4 is 15.5 Å². The maximum absolute atomic E-state index is 12.5. The molecule has 1 N–H and O–H groups in total. The van der Waals surface area contributed by atoms with Gasteiger partial charge in [0.1, 0.15) is 0 Å². The fraction of sp³-hybridized carbons (Fsp3) is 0.625. The average molecular weight is 310 g/mol. The van der Waals surface area contributed by atoms with Gasteiger partial charge < -0.3 is 10.2 Å². The molecule has 1 atom stereocenters. The molecule has 0 aliphatic carbocycles. The highest BCUT2D eigenvalue weighted by molar-refractivity contribution is 7.91. The summed E-state index contributed by atoms with van der Waals surface area (Å²) in [4.78, 5) is 2.73. The highest BCUT2D eigenvalue weighted by atomic mass is 32.2. The van der Waals surface area contributed by atoms with Crippen LogP contribution in [0.15, 0.2) is 29.2 Å². The van der Waals surface area contributed by atoms with Crippen molar-refractivity contribution in [2.75, 3.05) is 30.3 Å². The molecule has 1 saturated heterocycles. The monoisotopic (exact) mass is 310 g/mol. The smallest absolute Gasteiger partial charge is 0.180 e. The van der Waals surface area contributed by atoms with Crippen LogP contribution in [0.4, 0.5) is 5.69 Å². The molecule has 0 saturated carbocycles. The molecule has 0 amide bonds. The zero-order valence-corrected chi connectivity index (χ0v) is 13.8. The molecule has 0 aromatic heterocycles. The van der Waals surface area contributed by atoms with Crippen LogP contribution in [0.2, 0.25) is 0 Å². The number of hydrogen-bond acceptors (Lipinski definition) is 4. The highest BCUT2D eigenvalue weighted by Crippen LogP contribution is 2.29. The van der Waals surface area contributed by atoms with Crippen molar-refractivity contribution in [3.05, 3.63) is 24.3 Å². The van der Waals surface area contributed by atoms with Gasteiger partial charge in [0, 0.05) is 19.1 Å². The summed E-state index contributed by atoms with van der Waals surface area (Å²) in [5.41, 5.74) is 0.863.